The first kappa shape index (κ1) is 13.9. The van der Waals surface area contributed by atoms with Gasteiger partial charge in [0, 0.05) is 16.7 Å². The molecule has 4 bridgehead atoms. The largest absolute Gasteiger partial charge is 0.494 e. The van der Waals surface area contributed by atoms with Gasteiger partial charge >= 0.3 is 5.97 Å². The minimum Gasteiger partial charge on any atom is -0.494 e. The van der Waals surface area contributed by atoms with Gasteiger partial charge in [-0.3, -0.25) is 4.79 Å². The molecular weight excluding hydrogens is 304 g/mol. The number of carbonyl (C=O) groups excluding carboxylic acids is 1. The van der Waals surface area contributed by atoms with Crippen LogP contribution in [0.2, 0.25) is 0 Å². The lowest BCUT2D eigenvalue weighted by Gasteiger charge is -2.40. The van der Waals surface area contributed by atoms with Crippen molar-refractivity contribution in [3.8, 4) is 0 Å². The molecule has 24 heavy (non-hydrogen) atoms. The highest BCUT2D eigenvalue weighted by Crippen LogP contribution is 2.68. The summed E-state index contributed by atoms with van der Waals surface area (Å²) in [6.45, 7) is 4.63. The van der Waals surface area contributed by atoms with Crippen LogP contribution >= 0.6 is 0 Å². The molecule has 5 fully saturated rings. The van der Waals surface area contributed by atoms with Gasteiger partial charge in [-0.15, -0.1) is 0 Å². The van der Waals surface area contributed by atoms with Crippen molar-refractivity contribution in [2.24, 2.45) is 34.5 Å². The summed E-state index contributed by atoms with van der Waals surface area (Å²) in [5, 5.41) is 0. The number of hydrogen-bond acceptors (Lipinski definition) is 4. The van der Waals surface area contributed by atoms with Gasteiger partial charge in [-0.2, -0.15) is 0 Å². The second-order valence-corrected chi connectivity index (χ2v) is 9.09. The highest BCUT2D eigenvalue weighted by atomic mass is 16.6. The third-order valence-electron chi connectivity index (χ3n) is 8.25. The molecule has 3 saturated carbocycles. The summed E-state index contributed by atoms with van der Waals surface area (Å²) in [5.74, 6) is 1.83. The van der Waals surface area contributed by atoms with Crippen LogP contribution < -0.4 is 0 Å². The van der Waals surface area contributed by atoms with Crippen LogP contribution in [0.25, 0.3) is 0 Å². The predicted octanol–water partition coefficient (Wildman–Crippen LogP) is 2.84. The number of carbonyl (C=O) groups is 1. The Morgan fingerprint density at radius 3 is 2.92 bits per heavy atom. The number of allylic oxidation sites excluding steroid dienone is 2. The molecule has 0 radical (unpaired) electrons. The lowest BCUT2D eigenvalue weighted by molar-refractivity contribution is -0.147. The van der Waals surface area contributed by atoms with E-state index in [-0.39, 0.29) is 35.6 Å². The topological polar surface area (TPSA) is 44.8 Å². The van der Waals surface area contributed by atoms with Gasteiger partial charge in [-0.1, -0.05) is 18.7 Å². The van der Waals surface area contributed by atoms with E-state index in [0.29, 0.717) is 17.3 Å². The molecule has 2 heterocycles. The summed E-state index contributed by atoms with van der Waals surface area (Å²) in [4.78, 5) is 12.2. The van der Waals surface area contributed by atoms with E-state index < -0.39 is 0 Å². The summed E-state index contributed by atoms with van der Waals surface area (Å²) < 4.78 is 18.1. The molecular formula is C20H24O4. The summed E-state index contributed by atoms with van der Waals surface area (Å²) in [6.07, 6.45) is 12.0. The zero-order chi connectivity index (χ0) is 16.1. The monoisotopic (exact) mass is 328 g/mol. The molecule has 6 rings (SSSR count). The number of hydrogen-bond donors (Lipinski definition) is 0. The molecule has 4 heteroatoms. The fourth-order valence-corrected chi connectivity index (χ4v) is 7.32. The lowest BCUT2D eigenvalue weighted by Crippen LogP contribution is -2.47. The van der Waals surface area contributed by atoms with Crippen molar-refractivity contribution in [2.75, 3.05) is 6.61 Å². The standard InChI is InChI=1S/C20H24O4/c1-2-22-17-16-13-7-20(17,8-14(13)18(21)24-16)15-9-19(10-23-15)6-11-3-4-12(19)5-11/h2-4,11-17H,1,5-10H2. The van der Waals surface area contributed by atoms with Crippen LogP contribution in [0.15, 0.2) is 25.0 Å². The van der Waals surface area contributed by atoms with Crippen LogP contribution in [0.4, 0.5) is 0 Å². The Morgan fingerprint density at radius 1 is 1.25 bits per heavy atom. The van der Waals surface area contributed by atoms with Crippen LogP contribution in [-0.4, -0.2) is 30.9 Å². The second kappa shape index (κ2) is 4.27. The zero-order valence-corrected chi connectivity index (χ0v) is 13.9. The maximum atomic E-state index is 12.2. The highest BCUT2D eigenvalue weighted by molar-refractivity contribution is 5.77. The molecule has 128 valence electrons. The molecule has 1 spiro atoms. The third kappa shape index (κ3) is 1.44. The van der Waals surface area contributed by atoms with E-state index in [2.05, 4.69) is 18.7 Å². The molecule has 4 nitrogen and oxygen atoms in total. The molecule has 0 aromatic carbocycles. The van der Waals surface area contributed by atoms with E-state index in [1.807, 2.05) is 0 Å². The Labute approximate surface area is 142 Å². The van der Waals surface area contributed by atoms with Crippen LogP contribution in [0, 0.1) is 34.5 Å². The van der Waals surface area contributed by atoms with Crippen molar-refractivity contribution < 1.29 is 19.0 Å². The maximum Gasteiger partial charge on any atom is 0.309 e. The van der Waals surface area contributed by atoms with Crippen molar-refractivity contribution in [2.45, 2.75) is 50.4 Å². The molecule has 0 aromatic heterocycles. The van der Waals surface area contributed by atoms with Gasteiger partial charge in [0.1, 0.15) is 12.2 Å². The Morgan fingerprint density at radius 2 is 2.17 bits per heavy atom. The van der Waals surface area contributed by atoms with Gasteiger partial charge < -0.3 is 14.2 Å². The Hall–Kier alpha value is -1.29. The molecule has 4 aliphatic carbocycles. The van der Waals surface area contributed by atoms with Crippen molar-refractivity contribution in [3.05, 3.63) is 25.0 Å². The van der Waals surface area contributed by atoms with Crippen LogP contribution in [0.3, 0.4) is 0 Å². The normalized spacial score (nSPS) is 58.8. The molecule has 2 aliphatic heterocycles. The molecule has 0 amide bonds. The summed E-state index contributed by atoms with van der Waals surface area (Å²) in [6, 6.07) is 0. The number of fused-ring (bicyclic) bond motifs is 4. The van der Waals surface area contributed by atoms with Gasteiger partial charge in [0.05, 0.1) is 24.9 Å². The molecule has 0 aromatic rings. The Kier molecular flexibility index (Phi) is 2.48. The highest BCUT2D eigenvalue weighted by Gasteiger charge is 2.74. The quantitative estimate of drug-likeness (QED) is 0.454. The summed E-state index contributed by atoms with van der Waals surface area (Å²) >= 11 is 0. The van der Waals surface area contributed by atoms with Gasteiger partial charge in [0.2, 0.25) is 0 Å². The Bertz CT molecular complexity index is 656. The molecule has 9 unspecified atom stereocenters. The number of ether oxygens (including phenoxy) is 3. The second-order valence-electron chi connectivity index (χ2n) is 9.09. The van der Waals surface area contributed by atoms with Crippen LogP contribution in [-0.2, 0) is 19.0 Å². The number of rotatable bonds is 3. The fourth-order valence-electron chi connectivity index (χ4n) is 7.32. The predicted molar refractivity (Wildman–Crippen MR) is 85.7 cm³/mol. The zero-order valence-electron chi connectivity index (χ0n) is 13.9. The van der Waals surface area contributed by atoms with E-state index in [0.717, 1.165) is 31.8 Å². The average Bonchev–Trinajstić information content (AvgIpc) is 3.35. The van der Waals surface area contributed by atoms with Gasteiger partial charge in [0.15, 0.2) is 0 Å². The summed E-state index contributed by atoms with van der Waals surface area (Å²) in [7, 11) is 0. The summed E-state index contributed by atoms with van der Waals surface area (Å²) in [5.41, 5.74) is 0.275. The van der Waals surface area contributed by atoms with Crippen molar-refractivity contribution in [3.63, 3.8) is 0 Å². The van der Waals surface area contributed by atoms with E-state index >= 15 is 0 Å². The first-order valence-electron chi connectivity index (χ1n) is 9.42. The Balaban J connectivity index is 1.34. The van der Waals surface area contributed by atoms with E-state index in [9.17, 15) is 4.79 Å². The number of esters is 1. The van der Waals surface area contributed by atoms with Crippen molar-refractivity contribution in [1.29, 1.82) is 0 Å². The third-order valence-corrected chi connectivity index (χ3v) is 8.25. The van der Waals surface area contributed by atoms with Gasteiger partial charge in [-0.25, -0.2) is 0 Å². The minimum absolute atomic E-state index is 0.0161. The first-order valence-corrected chi connectivity index (χ1v) is 9.42. The minimum atomic E-state index is -0.0886. The van der Waals surface area contributed by atoms with Gasteiger partial charge in [0.25, 0.3) is 0 Å². The SMILES string of the molecule is C=COC1C2OC(=O)C3CC1(C1CC4(CO1)CC1C=CC4C1)CC32. The lowest BCUT2D eigenvalue weighted by atomic mass is 9.67. The molecule has 0 N–H and O–H groups in total. The van der Waals surface area contributed by atoms with Crippen molar-refractivity contribution in [1.82, 2.24) is 0 Å². The average molecular weight is 328 g/mol. The molecule has 2 saturated heterocycles. The van der Waals surface area contributed by atoms with Gasteiger partial charge in [-0.05, 0) is 43.9 Å². The van der Waals surface area contributed by atoms with E-state index in [1.165, 1.54) is 19.1 Å². The van der Waals surface area contributed by atoms with E-state index in [4.69, 9.17) is 14.2 Å². The fraction of sp³-hybridized carbons (Fsp3) is 0.750. The van der Waals surface area contributed by atoms with Crippen LogP contribution in [0.1, 0.15) is 32.1 Å². The maximum absolute atomic E-state index is 12.2. The smallest absolute Gasteiger partial charge is 0.309 e. The first-order chi connectivity index (χ1) is 11.7. The van der Waals surface area contributed by atoms with Crippen LogP contribution in [0.5, 0.6) is 0 Å². The van der Waals surface area contributed by atoms with Crippen molar-refractivity contribution >= 4 is 5.97 Å². The molecule has 6 aliphatic rings. The molecule has 9 atom stereocenters. The van der Waals surface area contributed by atoms with E-state index in [1.54, 1.807) is 0 Å².